The zero-order chi connectivity index (χ0) is 22.9. The lowest BCUT2D eigenvalue weighted by Crippen LogP contribution is -2.43. The lowest BCUT2D eigenvalue weighted by atomic mass is 10.0. The molecule has 33 heavy (non-hydrogen) atoms. The molecular formula is C22H20Cl2N8O. The molecule has 1 N–H and O–H groups in total. The highest BCUT2D eigenvalue weighted by Gasteiger charge is 2.38. The molecular weight excluding hydrogens is 463 g/mol. The average Bonchev–Trinajstić information content (AvgIpc) is 3.63. The number of nitriles is 1. The predicted molar refractivity (Wildman–Crippen MR) is 126 cm³/mol. The highest BCUT2D eigenvalue weighted by Crippen LogP contribution is 2.33. The first kappa shape index (κ1) is 21.7. The largest absolute Gasteiger partial charge is 0.351 e. The SMILES string of the molecule is ClOCl.Cn1cc(-c2cc(-c3ccc(N4C[C@@H]5C[C@H]4CN5)nc3)c3c(C#N)cnn3c2)cn1. The van der Waals surface area contributed by atoms with E-state index in [0.717, 1.165) is 46.7 Å². The van der Waals surface area contributed by atoms with Gasteiger partial charge < -0.3 is 10.2 Å². The topological polar surface area (TPSA) is 96.3 Å². The van der Waals surface area contributed by atoms with Crippen LogP contribution in [0.25, 0.3) is 27.8 Å². The van der Waals surface area contributed by atoms with Gasteiger partial charge >= 0.3 is 0 Å². The van der Waals surface area contributed by atoms with Crippen LogP contribution in [0, 0.1) is 11.3 Å². The van der Waals surface area contributed by atoms with E-state index in [2.05, 4.69) is 72.3 Å². The van der Waals surface area contributed by atoms with Crippen LogP contribution in [-0.4, -0.2) is 49.6 Å². The van der Waals surface area contributed by atoms with Gasteiger partial charge in [0.05, 0.1) is 47.2 Å². The number of aromatic nitrogens is 5. The molecule has 0 spiro atoms. The van der Waals surface area contributed by atoms with Crippen molar-refractivity contribution < 1.29 is 3.84 Å². The van der Waals surface area contributed by atoms with Gasteiger partial charge in [0.1, 0.15) is 11.9 Å². The molecule has 9 nitrogen and oxygen atoms in total. The summed E-state index contributed by atoms with van der Waals surface area (Å²) in [6, 6.07) is 9.65. The third-order valence-corrected chi connectivity index (χ3v) is 6.18. The summed E-state index contributed by atoms with van der Waals surface area (Å²) in [7, 11) is 1.90. The maximum Gasteiger partial charge on any atom is 0.128 e. The van der Waals surface area contributed by atoms with Crippen LogP contribution in [-0.2, 0) is 10.9 Å². The number of rotatable bonds is 3. The van der Waals surface area contributed by atoms with E-state index in [-0.39, 0.29) is 0 Å². The minimum atomic E-state index is 0.536. The number of piperazine rings is 1. The zero-order valence-corrected chi connectivity index (χ0v) is 19.2. The van der Waals surface area contributed by atoms with E-state index < -0.39 is 0 Å². The Morgan fingerprint density at radius 3 is 2.58 bits per heavy atom. The van der Waals surface area contributed by atoms with Crippen LogP contribution in [0.5, 0.6) is 0 Å². The fraction of sp³-hybridized carbons (Fsp3) is 0.273. The second kappa shape index (κ2) is 9.00. The molecule has 168 valence electrons. The second-order valence-electron chi connectivity index (χ2n) is 8.12. The van der Waals surface area contributed by atoms with Gasteiger partial charge in [0.2, 0.25) is 0 Å². The molecule has 11 heteroatoms. The van der Waals surface area contributed by atoms with Crippen molar-refractivity contribution in [3.8, 4) is 28.3 Å². The third kappa shape index (κ3) is 4.03. The number of hydrogen-bond donors (Lipinski definition) is 1. The summed E-state index contributed by atoms with van der Waals surface area (Å²) in [5, 5.41) is 21.8. The molecule has 2 atom stereocenters. The molecule has 0 unspecified atom stereocenters. The normalized spacial score (nSPS) is 18.9. The van der Waals surface area contributed by atoms with Gasteiger partial charge in [-0.25, -0.2) is 9.50 Å². The Balaban J connectivity index is 0.000000724. The summed E-state index contributed by atoms with van der Waals surface area (Å²) in [6.07, 6.45) is 10.5. The van der Waals surface area contributed by atoms with E-state index in [9.17, 15) is 5.26 Å². The standard InChI is InChI=1S/C22H20N8.Cl2O/c1-28-11-17(9-26-28)15-4-20(22-16(6-23)8-27-30(22)12-15)14-2-3-21(25-7-14)29-13-18-5-19(29)10-24-18;1-3-2/h2-4,7-9,11-12,18-19,24H,5,10,13H2,1H3;/t18-,19-;/m0./s1. The van der Waals surface area contributed by atoms with Crippen molar-refractivity contribution in [3.63, 3.8) is 0 Å². The van der Waals surface area contributed by atoms with Gasteiger partial charge in [-0.15, -0.1) is 0 Å². The van der Waals surface area contributed by atoms with Crippen molar-refractivity contribution in [2.24, 2.45) is 7.05 Å². The Morgan fingerprint density at radius 1 is 1.12 bits per heavy atom. The molecule has 0 amide bonds. The monoisotopic (exact) mass is 482 g/mol. The van der Waals surface area contributed by atoms with Crippen molar-refractivity contribution in [2.75, 3.05) is 18.0 Å². The lowest BCUT2D eigenvalue weighted by molar-refractivity contribution is 0.576. The van der Waals surface area contributed by atoms with Crippen LogP contribution in [0.1, 0.15) is 12.0 Å². The Bertz CT molecular complexity index is 1330. The van der Waals surface area contributed by atoms with E-state index in [1.807, 2.05) is 31.8 Å². The van der Waals surface area contributed by atoms with E-state index in [1.54, 1.807) is 15.4 Å². The summed E-state index contributed by atoms with van der Waals surface area (Å²) in [5.74, 6) is 1.01. The summed E-state index contributed by atoms with van der Waals surface area (Å²) in [5.41, 5.74) is 5.24. The molecule has 2 aliphatic rings. The number of nitrogens with one attached hydrogen (secondary N) is 1. The molecule has 2 bridgehead atoms. The number of anilines is 1. The van der Waals surface area contributed by atoms with Crippen LogP contribution in [0.3, 0.4) is 0 Å². The van der Waals surface area contributed by atoms with Gasteiger partial charge in [0, 0.05) is 73.1 Å². The lowest BCUT2D eigenvalue weighted by Gasteiger charge is -2.28. The first-order chi connectivity index (χ1) is 16.1. The maximum absolute atomic E-state index is 9.59. The van der Waals surface area contributed by atoms with E-state index in [4.69, 9.17) is 4.98 Å². The first-order valence-corrected chi connectivity index (χ1v) is 11.0. The van der Waals surface area contributed by atoms with Gasteiger partial charge in [-0.1, -0.05) is 0 Å². The first-order valence-electron chi connectivity index (χ1n) is 10.4. The molecule has 6 rings (SSSR count). The molecule has 0 saturated carbocycles. The quantitative estimate of drug-likeness (QED) is 0.476. The molecule has 0 radical (unpaired) electrons. The molecule has 6 heterocycles. The number of pyridine rings is 2. The highest BCUT2D eigenvalue weighted by atomic mass is 35.6. The molecule has 4 aromatic heterocycles. The molecule has 4 aromatic rings. The fourth-order valence-electron chi connectivity index (χ4n) is 4.71. The van der Waals surface area contributed by atoms with Crippen molar-refractivity contribution in [1.82, 2.24) is 29.7 Å². The Morgan fingerprint density at radius 2 is 1.97 bits per heavy atom. The van der Waals surface area contributed by atoms with Crippen LogP contribution >= 0.6 is 23.7 Å². The molecule has 2 saturated heterocycles. The predicted octanol–water partition coefficient (Wildman–Crippen LogP) is 3.53. The molecule has 2 fully saturated rings. The van der Waals surface area contributed by atoms with E-state index >= 15 is 0 Å². The summed E-state index contributed by atoms with van der Waals surface area (Å²) >= 11 is 8.53. The highest BCUT2D eigenvalue weighted by molar-refractivity contribution is 6.24. The maximum atomic E-state index is 9.59. The fourth-order valence-corrected chi connectivity index (χ4v) is 4.71. The number of halogens is 2. The van der Waals surface area contributed by atoms with Crippen LogP contribution in [0.4, 0.5) is 5.82 Å². The molecule has 0 aliphatic carbocycles. The smallest absolute Gasteiger partial charge is 0.128 e. The van der Waals surface area contributed by atoms with Crippen LogP contribution in [0.15, 0.2) is 49.2 Å². The Hall–Kier alpha value is -3.16. The summed E-state index contributed by atoms with van der Waals surface area (Å²) in [4.78, 5) is 7.17. The summed E-state index contributed by atoms with van der Waals surface area (Å²) < 4.78 is 6.74. The molecule has 0 aromatic carbocycles. The van der Waals surface area contributed by atoms with E-state index in [0.29, 0.717) is 17.6 Å². The van der Waals surface area contributed by atoms with Gasteiger partial charge in [-0.3, -0.25) is 4.68 Å². The van der Waals surface area contributed by atoms with Gasteiger partial charge in [0.15, 0.2) is 0 Å². The average molecular weight is 483 g/mol. The number of fused-ring (bicyclic) bond motifs is 3. The Labute approximate surface area is 200 Å². The minimum Gasteiger partial charge on any atom is -0.351 e. The molecule has 2 aliphatic heterocycles. The number of hydrogen-bond acceptors (Lipinski definition) is 7. The second-order valence-corrected chi connectivity index (χ2v) is 8.59. The van der Waals surface area contributed by atoms with E-state index in [1.165, 1.54) is 6.42 Å². The Kier molecular flexibility index (Phi) is 5.91. The van der Waals surface area contributed by atoms with Crippen molar-refractivity contribution >= 4 is 35.1 Å². The van der Waals surface area contributed by atoms with Crippen molar-refractivity contribution in [3.05, 3.63) is 54.7 Å². The van der Waals surface area contributed by atoms with Gasteiger partial charge in [-0.05, 0) is 24.6 Å². The van der Waals surface area contributed by atoms with Crippen LogP contribution in [0.2, 0.25) is 0 Å². The number of aryl methyl sites for hydroxylation is 1. The van der Waals surface area contributed by atoms with Crippen molar-refractivity contribution in [1.29, 1.82) is 5.26 Å². The number of nitrogens with zero attached hydrogens (tertiary/aromatic N) is 7. The third-order valence-electron chi connectivity index (χ3n) is 6.18. The zero-order valence-electron chi connectivity index (χ0n) is 17.7. The van der Waals surface area contributed by atoms with Crippen molar-refractivity contribution in [2.45, 2.75) is 18.5 Å². The van der Waals surface area contributed by atoms with Crippen LogP contribution < -0.4 is 10.2 Å². The minimum absolute atomic E-state index is 0.536. The van der Waals surface area contributed by atoms with Gasteiger partial charge in [-0.2, -0.15) is 19.3 Å². The summed E-state index contributed by atoms with van der Waals surface area (Å²) in [6.45, 7) is 2.04. The van der Waals surface area contributed by atoms with Gasteiger partial charge in [0.25, 0.3) is 0 Å².